The second kappa shape index (κ2) is 12.0. The van der Waals surface area contributed by atoms with Gasteiger partial charge in [-0.05, 0) is 95.4 Å². The molecule has 1 aromatic carbocycles. The maximum absolute atomic E-state index is 12.4. The average molecular weight is 516 g/mol. The van der Waals surface area contributed by atoms with Gasteiger partial charge in [0.2, 0.25) is 0 Å². The highest BCUT2D eigenvalue weighted by Crippen LogP contribution is 2.52. The molecule has 5 heteroatoms. The quantitative estimate of drug-likeness (QED) is 0.218. The van der Waals surface area contributed by atoms with E-state index < -0.39 is 11.4 Å². The zero-order valence-corrected chi connectivity index (χ0v) is 23.3. The number of carboxylic acids is 1. The van der Waals surface area contributed by atoms with Crippen LogP contribution in [-0.4, -0.2) is 35.2 Å². The van der Waals surface area contributed by atoms with Crippen LogP contribution in [0.15, 0.2) is 47.6 Å². The molecule has 3 aliphatic rings. The number of allylic oxidation sites excluding steroid dienone is 3. The van der Waals surface area contributed by atoms with Crippen LogP contribution in [-0.2, 0) is 17.6 Å². The van der Waals surface area contributed by atoms with E-state index in [-0.39, 0.29) is 12.0 Å². The summed E-state index contributed by atoms with van der Waals surface area (Å²) in [6, 6.07) is 8.85. The molecule has 2 bridgehead atoms. The zero-order valence-electron chi connectivity index (χ0n) is 23.3. The van der Waals surface area contributed by atoms with Crippen LogP contribution in [0, 0.1) is 11.3 Å². The number of rotatable bonds is 11. The third-order valence-electron chi connectivity index (χ3n) is 9.13. The average Bonchev–Trinajstić information content (AvgIpc) is 2.90. The number of hydrogen-bond donors (Lipinski definition) is 3. The Bertz CT molecular complexity index is 1220. The van der Waals surface area contributed by atoms with Crippen molar-refractivity contribution in [3.05, 3.63) is 58.8 Å². The first-order chi connectivity index (χ1) is 18.5. The molecule has 3 N–H and O–H groups in total. The van der Waals surface area contributed by atoms with Gasteiger partial charge in [0.1, 0.15) is 0 Å². The summed E-state index contributed by atoms with van der Waals surface area (Å²) in [5.41, 5.74) is 6.85. The first-order valence-corrected chi connectivity index (χ1v) is 15.0. The minimum absolute atomic E-state index is 0.270. The highest BCUT2D eigenvalue weighted by Gasteiger charge is 2.51. The van der Waals surface area contributed by atoms with Crippen molar-refractivity contribution >= 4 is 22.6 Å². The van der Waals surface area contributed by atoms with Gasteiger partial charge in [0.25, 0.3) is 0 Å². The SMILES string of the molecule is C/C=C1/C2C=C(C)C[C@]1(C(=O)O)CC(NCCCCCCCNc1c3c(nc4ccccc14)CCCC3)C2. The number of carbonyl (C=O) groups is 1. The minimum atomic E-state index is -0.708. The molecule has 0 aliphatic heterocycles. The molecule has 1 aromatic heterocycles. The summed E-state index contributed by atoms with van der Waals surface area (Å²) in [7, 11) is 0. The van der Waals surface area contributed by atoms with Crippen LogP contribution in [0.25, 0.3) is 10.9 Å². The smallest absolute Gasteiger partial charge is 0.314 e. The van der Waals surface area contributed by atoms with Crippen molar-refractivity contribution in [1.29, 1.82) is 0 Å². The molecule has 3 aliphatic carbocycles. The molecule has 38 heavy (non-hydrogen) atoms. The Balaban J connectivity index is 1.04. The lowest BCUT2D eigenvalue weighted by molar-refractivity contribution is -0.148. The monoisotopic (exact) mass is 515 g/mol. The lowest BCUT2D eigenvalue weighted by Gasteiger charge is -2.47. The lowest BCUT2D eigenvalue weighted by Crippen LogP contribution is -2.50. The number of pyridine rings is 1. The number of benzene rings is 1. The Labute approximate surface area is 228 Å². The van der Waals surface area contributed by atoms with E-state index in [0.29, 0.717) is 12.8 Å². The van der Waals surface area contributed by atoms with Crippen molar-refractivity contribution in [2.75, 3.05) is 18.4 Å². The van der Waals surface area contributed by atoms with Crippen molar-refractivity contribution in [3.8, 4) is 0 Å². The van der Waals surface area contributed by atoms with Crippen LogP contribution < -0.4 is 10.6 Å². The molecule has 3 atom stereocenters. The second-order valence-corrected chi connectivity index (χ2v) is 11.8. The standard InChI is InChI=1S/C33H45N3O2/c1-3-28-24-19-23(2)21-33(28,32(37)38)22-25(20-24)34-17-11-5-4-6-12-18-35-31-26-13-7-9-15-29(26)36-30-16-10-8-14-27(30)31/h3,7,9,13,15,19,24-25,34H,4-6,8,10-12,14,16-18,20-22H2,1-2H3,(H,35,36)(H,37,38)/b28-3-/t24?,25?,33-/m0/s1. The van der Waals surface area contributed by atoms with Gasteiger partial charge in [0.05, 0.1) is 10.9 Å². The molecular weight excluding hydrogens is 470 g/mol. The molecule has 204 valence electrons. The Morgan fingerprint density at radius 1 is 1.11 bits per heavy atom. The third-order valence-corrected chi connectivity index (χ3v) is 9.13. The van der Waals surface area contributed by atoms with Gasteiger partial charge in [0.15, 0.2) is 0 Å². The number of nitrogens with zero attached hydrogens (tertiary/aromatic N) is 1. The Morgan fingerprint density at radius 2 is 1.87 bits per heavy atom. The van der Waals surface area contributed by atoms with Gasteiger partial charge in [-0.25, -0.2) is 0 Å². The number of para-hydroxylation sites is 1. The van der Waals surface area contributed by atoms with E-state index in [1.54, 1.807) is 0 Å². The molecular formula is C33H45N3O2. The van der Waals surface area contributed by atoms with Crippen molar-refractivity contribution in [2.45, 2.75) is 96.9 Å². The maximum atomic E-state index is 12.4. The van der Waals surface area contributed by atoms with E-state index in [1.165, 1.54) is 66.4 Å². The Morgan fingerprint density at radius 3 is 2.68 bits per heavy atom. The van der Waals surface area contributed by atoms with Gasteiger partial charge >= 0.3 is 5.97 Å². The molecule has 0 saturated heterocycles. The van der Waals surface area contributed by atoms with Crippen LogP contribution in [0.2, 0.25) is 0 Å². The topological polar surface area (TPSA) is 74.2 Å². The largest absolute Gasteiger partial charge is 0.481 e. The molecule has 5 rings (SSSR count). The fraction of sp³-hybridized carbons (Fsp3) is 0.576. The number of fused-ring (bicyclic) bond motifs is 4. The summed E-state index contributed by atoms with van der Waals surface area (Å²) in [5, 5.41) is 19.0. The van der Waals surface area contributed by atoms with E-state index >= 15 is 0 Å². The lowest BCUT2D eigenvalue weighted by atomic mass is 9.58. The van der Waals surface area contributed by atoms with Gasteiger partial charge < -0.3 is 15.7 Å². The summed E-state index contributed by atoms with van der Waals surface area (Å²) < 4.78 is 0. The van der Waals surface area contributed by atoms with Crippen molar-refractivity contribution in [3.63, 3.8) is 0 Å². The summed E-state index contributed by atoms with van der Waals surface area (Å²) in [6.07, 6.45) is 17.6. The number of nitrogens with one attached hydrogen (secondary N) is 2. The van der Waals surface area contributed by atoms with Crippen molar-refractivity contribution in [2.24, 2.45) is 11.3 Å². The first-order valence-electron chi connectivity index (χ1n) is 15.0. The van der Waals surface area contributed by atoms with E-state index in [4.69, 9.17) is 4.98 Å². The molecule has 0 spiro atoms. The van der Waals surface area contributed by atoms with Crippen LogP contribution in [0.1, 0.15) is 89.3 Å². The van der Waals surface area contributed by atoms with Gasteiger partial charge in [-0.15, -0.1) is 0 Å². The maximum Gasteiger partial charge on any atom is 0.314 e. The number of unbranched alkanes of at least 4 members (excludes halogenated alkanes) is 4. The number of carboxylic acid groups (broad SMARTS) is 1. The fourth-order valence-corrected chi connectivity index (χ4v) is 7.43. The normalized spacial score (nSPS) is 25.7. The van der Waals surface area contributed by atoms with E-state index in [1.807, 2.05) is 6.92 Å². The molecule has 2 aromatic rings. The van der Waals surface area contributed by atoms with Crippen molar-refractivity contribution in [1.82, 2.24) is 10.3 Å². The first kappa shape index (κ1) is 26.9. The zero-order chi connectivity index (χ0) is 26.5. The van der Waals surface area contributed by atoms with Crippen LogP contribution in [0.5, 0.6) is 0 Å². The molecule has 2 unspecified atom stereocenters. The van der Waals surface area contributed by atoms with Gasteiger partial charge in [0, 0.05) is 35.3 Å². The van der Waals surface area contributed by atoms with E-state index in [0.717, 1.165) is 49.9 Å². The van der Waals surface area contributed by atoms with Crippen molar-refractivity contribution < 1.29 is 9.90 Å². The summed E-state index contributed by atoms with van der Waals surface area (Å²) in [5.74, 6) is -0.379. The summed E-state index contributed by atoms with van der Waals surface area (Å²) in [4.78, 5) is 17.3. The van der Waals surface area contributed by atoms with Gasteiger partial charge in [-0.1, -0.05) is 55.2 Å². The molecule has 1 saturated carbocycles. The highest BCUT2D eigenvalue weighted by molar-refractivity contribution is 5.93. The van der Waals surface area contributed by atoms with Crippen LogP contribution >= 0.6 is 0 Å². The number of hydrogen-bond acceptors (Lipinski definition) is 4. The van der Waals surface area contributed by atoms with Crippen LogP contribution in [0.4, 0.5) is 5.69 Å². The summed E-state index contributed by atoms with van der Waals surface area (Å²) >= 11 is 0. The molecule has 1 heterocycles. The number of aliphatic carboxylic acids is 1. The van der Waals surface area contributed by atoms with E-state index in [2.05, 4.69) is 54.0 Å². The minimum Gasteiger partial charge on any atom is -0.481 e. The van der Waals surface area contributed by atoms with Gasteiger partial charge in [-0.2, -0.15) is 0 Å². The predicted molar refractivity (Wildman–Crippen MR) is 157 cm³/mol. The van der Waals surface area contributed by atoms with Crippen LogP contribution in [0.3, 0.4) is 0 Å². The Hall–Kier alpha value is -2.66. The number of aromatic nitrogens is 1. The predicted octanol–water partition coefficient (Wildman–Crippen LogP) is 7.21. The number of aryl methyl sites for hydroxylation is 1. The third kappa shape index (κ3) is 5.54. The second-order valence-electron chi connectivity index (χ2n) is 11.8. The Kier molecular flexibility index (Phi) is 8.52. The van der Waals surface area contributed by atoms with Gasteiger partial charge in [-0.3, -0.25) is 9.78 Å². The van der Waals surface area contributed by atoms with E-state index in [9.17, 15) is 9.90 Å². The number of anilines is 1. The molecule has 1 fully saturated rings. The fourth-order valence-electron chi connectivity index (χ4n) is 7.43. The molecule has 0 amide bonds. The summed E-state index contributed by atoms with van der Waals surface area (Å²) in [6.45, 7) is 6.09. The highest BCUT2D eigenvalue weighted by atomic mass is 16.4. The molecule has 0 radical (unpaired) electrons. The molecule has 5 nitrogen and oxygen atoms in total.